The van der Waals surface area contributed by atoms with Crippen LogP contribution in [-0.4, -0.2) is 17.1 Å². The Kier molecular flexibility index (Phi) is 2.26. The molecule has 2 bridgehead atoms. The highest BCUT2D eigenvalue weighted by Gasteiger charge is 2.32. The Balaban J connectivity index is 1.94. The largest absolute Gasteiger partial charge is 0.307 e. The summed E-state index contributed by atoms with van der Waals surface area (Å²) in [5, 5.41) is 4.32. The maximum absolute atomic E-state index is 5.96. The highest BCUT2D eigenvalue weighted by Crippen LogP contribution is 2.33. The van der Waals surface area contributed by atoms with Gasteiger partial charge >= 0.3 is 0 Å². The summed E-state index contributed by atoms with van der Waals surface area (Å²) < 4.78 is 0. The standard InChI is InChI=1S/C12H13ClN2/c13-9-5-8(6-14-7-9)11-3-1-10-2-4-12(11)15-10/h1,3,5-7,10-12,15H,2,4H2. The molecule has 78 valence electrons. The van der Waals surface area contributed by atoms with Gasteiger partial charge in [0, 0.05) is 30.4 Å². The van der Waals surface area contributed by atoms with Crippen LogP contribution >= 0.6 is 11.6 Å². The molecule has 2 aliphatic rings. The van der Waals surface area contributed by atoms with E-state index in [2.05, 4.69) is 22.5 Å². The van der Waals surface area contributed by atoms with Gasteiger partial charge in [0.25, 0.3) is 0 Å². The molecule has 1 N–H and O–H groups in total. The molecule has 0 radical (unpaired) electrons. The van der Waals surface area contributed by atoms with Crippen molar-refractivity contribution in [1.29, 1.82) is 0 Å². The first-order valence-corrected chi connectivity index (χ1v) is 5.75. The van der Waals surface area contributed by atoms with Crippen LogP contribution in [0.15, 0.2) is 30.6 Å². The van der Waals surface area contributed by atoms with Gasteiger partial charge in [-0.15, -0.1) is 0 Å². The van der Waals surface area contributed by atoms with Crippen LogP contribution in [0.25, 0.3) is 0 Å². The summed E-state index contributed by atoms with van der Waals surface area (Å²) in [4.78, 5) is 4.15. The minimum absolute atomic E-state index is 0.440. The number of fused-ring (bicyclic) bond motifs is 2. The van der Waals surface area contributed by atoms with E-state index in [-0.39, 0.29) is 0 Å². The van der Waals surface area contributed by atoms with Gasteiger partial charge in [-0.05, 0) is 24.5 Å². The number of rotatable bonds is 1. The van der Waals surface area contributed by atoms with Gasteiger partial charge in [-0.3, -0.25) is 4.98 Å². The summed E-state index contributed by atoms with van der Waals surface area (Å²) >= 11 is 5.96. The van der Waals surface area contributed by atoms with E-state index < -0.39 is 0 Å². The number of hydrogen-bond donors (Lipinski definition) is 1. The van der Waals surface area contributed by atoms with Gasteiger partial charge in [0.15, 0.2) is 0 Å². The topological polar surface area (TPSA) is 24.9 Å². The third kappa shape index (κ3) is 1.68. The zero-order valence-corrected chi connectivity index (χ0v) is 9.11. The lowest BCUT2D eigenvalue weighted by molar-refractivity contribution is 0.513. The van der Waals surface area contributed by atoms with Gasteiger partial charge in [0.05, 0.1) is 5.02 Å². The zero-order valence-electron chi connectivity index (χ0n) is 8.36. The van der Waals surface area contributed by atoms with E-state index in [1.807, 2.05) is 12.3 Å². The fourth-order valence-electron chi connectivity index (χ4n) is 2.58. The summed E-state index contributed by atoms with van der Waals surface area (Å²) in [7, 11) is 0. The maximum Gasteiger partial charge on any atom is 0.0592 e. The van der Waals surface area contributed by atoms with E-state index in [4.69, 9.17) is 11.6 Å². The lowest BCUT2D eigenvalue weighted by atomic mass is 9.91. The molecule has 0 aromatic carbocycles. The molecule has 3 rings (SSSR count). The fourth-order valence-corrected chi connectivity index (χ4v) is 2.76. The summed E-state index contributed by atoms with van der Waals surface area (Å²) in [6.45, 7) is 0. The van der Waals surface area contributed by atoms with Crippen molar-refractivity contribution in [3.63, 3.8) is 0 Å². The number of nitrogens with one attached hydrogen (secondary N) is 1. The first kappa shape index (κ1) is 9.37. The Morgan fingerprint density at radius 2 is 2.20 bits per heavy atom. The van der Waals surface area contributed by atoms with Crippen molar-refractivity contribution in [2.45, 2.75) is 30.8 Å². The van der Waals surface area contributed by atoms with Gasteiger partial charge in [0.1, 0.15) is 0 Å². The SMILES string of the molecule is Clc1cncc(C2C=CC3CCC2N3)c1. The van der Waals surface area contributed by atoms with Gasteiger partial charge < -0.3 is 5.32 Å². The molecule has 3 heteroatoms. The Hall–Kier alpha value is -0.860. The van der Waals surface area contributed by atoms with Crippen molar-refractivity contribution in [3.8, 4) is 0 Å². The Morgan fingerprint density at radius 1 is 1.27 bits per heavy atom. The smallest absolute Gasteiger partial charge is 0.0592 e. The highest BCUT2D eigenvalue weighted by atomic mass is 35.5. The summed E-state index contributed by atoms with van der Waals surface area (Å²) in [5.41, 5.74) is 1.22. The summed E-state index contributed by atoms with van der Waals surface area (Å²) in [6.07, 6.45) is 10.7. The predicted molar refractivity (Wildman–Crippen MR) is 61.1 cm³/mol. The van der Waals surface area contributed by atoms with E-state index in [0.717, 1.165) is 5.02 Å². The normalized spacial score (nSPS) is 33.3. The number of nitrogens with zero attached hydrogens (tertiary/aromatic N) is 1. The van der Waals surface area contributed by atoms with Crippen molar-refractivity contribution >= 4 is 11.6 Å². The minimum Gasteiger partial charge on any atom is -0.307 e. The van der Waals surface area contributed by atoms with Crippen molar-refractivity contribution in [1.82, 2.24) is 10.3 Å². The van der Waals surface area contributed by atoms with Crippen LogP contribution in [-0.2, 0) is 0 Å². The summed E-state index contributed by atoms with van der Waals surface area (Å²) in [6, 6.07) is 3.18. The van der Waals surface area contributed by atoms with Crippen LogP contribution in [0.1, 0.15) is 24.3 Å². The lowest BCUT2D eigenvalue weighted by Crippen LogP contribution is -2.35. The third-order valence-electron chi connectivity index (χ3n) is 3.31. The van der Waals surface area contributed by atoms with E-state index >= 15 is 0 Å². The maximum atomic E-state index is 5.96. The molecule has 1 aromatic rings. The molecule has 1 saturated heterocycles. The van der Waals surface area contributed by atoms with Crippen LogP contribution in [0.3, 0.4) is 0 Å². The zero-order chi connectivity index (χ0) is 10.3. The van der Waals surface area contributed by atoms with Crippen molar-refractivity contribution in [3.05, 3.63) is 41.2 Å². The fraction of sp³-hybridized carbons (Fsp3) is 0.417. The van der Waals surface area contributed by atoms with Crippen molar-refractivity contribution in [2.24, 2.45) is 0 Å². The molecule has 1 fully saturated rings. The molecule has 0 saturated carbocycles. The Labute approximate surface area is 94.4 Å². The number of hydrogen-bond acceptors (Lipinski definition) is 2. The quantitative estimate of drug-likeness (QED) is 0.736. The molecule has 3 unspecified atom stereocenters. The Morgan fingerprint density at radius 3 is 3.07 bits per heavy atom. The van der Waals surface area contributed by atoms with Crippen molar-refractivity contribution in [2.75, 3.05) is 0 Å². The number of pyridine rings is 1. The van der Waals surface area contributed by atoms with Crippen molar-refractivity contribution < 1.29 is 0 Å². The molecule has 1 aromatic heterocycles. The van der Waals surface area contributed by atoms with Gasteiger partial charge in [-0.25, -0.2) is 0 Å². The third-order valence-corrected chi connectivity index (χ3v) is 3.52. The highest BCUT2D eigenvalue weighted by molar-refractivity contribution is 6.30. The molecule has 2 aliphatic heterocycles. The second-order valence-corrected chi connectivity index (χ2v) is 4.74. The van der Waals surface area contributed by atoms with E-state index in [0.29, 0.717) is 18.0 Å². The van der Waals surface area contributed by atoms with Crippen LogP contribution in [0.2, 0.25) is 5.02 Å². The molecular weight excluding hydrogens is 208 g/mol. The van der Waals surface area contributed by atoms with Crippen LogP contribution in [0, 0.1) is 0 Å². The molecule has 3 atom stereocenters. The second-order valence-electron chi connectivity index (χ2n) is 4.30. The van der Waals surface area contributed by atoms with Crippen LogP contribution in [0.5, 0.6) is 0 Å². The first-order valence-electron chi connectivity index (χ1n) is 5.38. The number of halogens is 1. The van der Waals surface area contributed by atoms with E-state index in [1.165, 1.54) is 18.4 Å². The monoisotopic (exact) mass is 220 g/mol. The molecule has 2 nitrogen and oxygen atoms in total. The average molecular weight is 221 g/mol. The van der Waals surface area contributed by atoms with Gasteiger partial charge in [-0.1, -0.05) is 23.8 Å². The molecule has 0 aliphatic carbocycles. The van der Waals surface area contributed by atoms with E-state index in [1.54, 1.807) is 6.20 Å². The second kappa shape index (κ2) is 3.62. The minimum atomic E-state index is 0.440. The van der Waals surface area contributed by atoms with Gasteiger partial charge in [-0.2, -0.15) is 0 Å². The van der Waals surface area contributed by atoms with Gasteiger partial charge in [0.2, 0.25) is 0 Å². The lowest BCUT2D eigenvalue weighted by Gasteiger charge is -2.25. The summed E-state index contributed by atoms with van der Waals surface area (Å²) in [5.74, 6) is 0.440. The molecule has 0 amide bonds. The van der Waals surface area contributed by atoms with Crippen LogP contribution < -0.4 is 5.32 Å². The molecule has 15 heavy (non-hydrogen) atoms. The molecular formula is C12H13ClN2. The Bertz CT molecular complexity index is 402. The van der Waals surface area contributed by atoms with Crippen LogP contribution in [0.4, 0.5) is 0 Å². The molecule has 3 heterocycles. The predicted octanol–water partition coefficient (Wildman–Crippen LogP) is 2.51. The van der Waals surface area contributed by atoms with E-state index in [9.17, 15) is 0 Å². The first-order chi connectivity index (χ1) is 7.33. The number of aromatic nitrogens is 1. The molecule has 0 spiro atoms. The average Bonchev–Trinajstić information content (AvgIpc) is 2.61.